The number of ether oxygens (including phenoxy) is 1. The van der Waals surface area contributed by atoms with Crippen LogP contribution in [0.3, 0.4) is 0 Å². The molecule has 0 aliphatic rings. The Morgan fingerprint density at radius 1 is 1.15 bits per heavy atom. The molecular weight excluding hydrogens is 323 g/mol. The summed E-state index contributed by atoms with van der Waals surface area (Å²) >= 11 is 3.20. The topological polar surface area (TPSA) is 29.5 Å². The van der Waals surface area contributed by atoms with E-state index in [4.69, 9.17) is 4.74 Å². The summed E-state index contributed by atoms with van der Waals surface area (Å²) in [5.74, 6) is 0.145. The first-order valence-corrected chi connectivity index (χ1v) is 7.02. The summed E-state index contributed by atoms with van der Waals surface area (Å²) in [5, 5.41) is 10.5. The quantitative estimate of drug-likeness (QED) is 0.904. The van der Waals surface area contributed by atoms with E-state index in [-0.39, 0.29) is 5.56 Å². The molecule has 0 aliphatic heterocycles. The van der Waals surface area contributed by atoms with Gasteiger partial charge < -0.3 is 9.84 Å². The number of aryl methyl sites for hydroxylation is 1. The van der Waals surface area contributed by atoms with Crippen molar-refractivity contribution in [2.75, 3.05) is 7.11 Å². The minimum absolute atomic E-state index is 0.231. The van der Waals surface area contributed by atoms with Gasteiger partial charge in [-0.3, -0.25) is 0 Å². The molecule has 1 atom stereocenters. The first kappa shape index (κ1) is 15.0. The zero-order valence-electron chi connectivity index (χ0n) is 11.6. The lowest BCUT2D eigenvalue weighted by Gasteiger charge is -2.18. The summed E-state index contributed by atoms with van der Waals surface area (Å²) < 4.78 is 20.0. The van der Waals surface area contributed by atoms with E-state index < -0.39 is 11.9 Å². The number of hydrogen-bond acceptors (Lipinski definition) is 2. The van der Waals surface area contributed by atoms with E-state index in [1.165, 1.54) is 6.07 Å². The van der Waals surface area contributed by atoms with Crippen molar-refractivity contribution in [3.05, 3.63) is 62.9 Å². The normalized spacial score (nSPS) is 12.3. The number of aliphatic hydroxyl groups is 1. The second-order valence-corrected chi connectivity index (χ2v) is 5.61. The molecule has 1 unspecified atom stereocenters. The van der Waals surface area contributed by atoms with Crippen molar-refractivity contribution >= 4 is 15.9 Å². The van der Waals surface area contributed by atoms with Gasteiger partial charge in [0.25, 0.3) is 0 Å². The highest BCUT2D eigenvalue weighted by molar-refractivity contribution is 9.10. The molecule has 2 aromatic carbocycles. The van der Waals surface area contributed by atoms with E-state index in [1.54, 1.807) is 25.3 Å². The summed E-state index contributed by atoms with van der Waals surface area (Å²) in [4.78, 5) is 0. The van der Waals surface area contributed by atoms with Crippen LogP contribution in [0.4, 0.5) is 4.39 Å². The van der Waals surface area contributed by atoms with Crippen molar-refractivity contribution in [3.63, 3.8) is 0 Å². The van der Waals surface area contributed by atoms with Crippen LogP contribution >= 0.6 is 15.9 Å². The average Bonchev–Trinajstić information content (AvgIpc) is 2.41. The van der Waals surface area contributed by atoms with Crippen LogP contribution < -0.4 is 4.74 Å². The zero-order valence-corrected chi connectivity index (χ0v) is 13.2. The second-order valence-electron chi connectivity index (χ2n) is 4.70. The molecule has 20 heavy (non-hydrogen) atoms. The minimum Gasteiger partial charge on any atom is -0.496 e. The van der Waals surface area contributed by atoms with E-state index in [0.29, 0.717) is 15.8 Å². The van der Waals surface area contributed by atoms with Crippen LogP contribution in [-0.2, 0) is 0 Å². The summed E-state index contributed by atoms with van der Waals surface area (Å²) in [5.41, 5.74) is 2.81. The summed E-state index contributed by atoms with van der Waals surface area (Å²) in [6, 6.07) is 8.28. The third-order valence-electron chi connectivity index (χ3n) is 3.46. The van der Waals surface area contributed by atoms with Crippen LogP contribution in [-0.4, -0.2) is 12.2 Å². The van der Waals surface area contributed by atoms with Gasteiger partial charge in [0.2, 0.25) is 0 Å². The van der Waals surface area contributed by atoms with Gasteiger partial charge in [-0.2, -0.15) is 0 Å². The van der Waals surface area contributed by atoms with Gasteiger partial charge in [-0.1, -0.05) is 34.1 Å². The van der Waals surface area contributed by atoms with Crippen molar-refractivity contribution in [3.8, 4) is 5.75 Å². The standard InChI is InChI=1S/C16H16BrFO2/c1-9-4-6-13(16(20-3)10(9)2)15(19)12-7-5-11(17)8-14(12)18/h4-8,15,19H,1-3H3. The maximum atomic E-state index is 14.0. The predicted molar refractivity (Wildman–Crippen MR) is 80.6 cm³/mol. The van der Waals surface area contributed by atoms with Crippen molar-refractivity contribution in [2.24, 2.45) is 0 Å². The fourth-order valence-electron chi connectivity index (χ4n) is 2.19. The predicted octanol–water partition coefficient (Wildman–Crippen LogP) is 4.30. The largest absolute Gasteiger partial charge is 0.496 e. The number of methoxy groups -OCH3 is 1. The maximum absolute atomic E-state index is 14.0. The van der Waals surface area contributed by atoms with Gasteiger partial charge >= 0.3 is 0 Å². The first-order valence-electron chi connectivity index (χ1n) is 6.22. The molecule has 1 N–H and O–H groups in total. The van der Waals surface area contributed by atoms with Crippen LogP contribution in [0, 0.1) is 19.7 Å². The minimum atomic E-state index is -1.06. The number of benzene rings is 2. The van der Waals surface area contributed by atoms with E-state index in [1.807, 2.05) is 19.9 Å². The molecular formula is C16H16BrFO2. The Balaban J connectivity index is 2.53. The number of halogens is 2. The van der Waals surface area contributed by atoms with Gasteiger partial charge in [0.1, 0.15) is 17.7 Å². The summed E-state index contributed by atoms with van der Waals surface area (Å²) in [6.07, 6.45) is -1.06. The third-order valence-corrected chi connectivity index (χ3v) is 3.96. The van der Waals surface area contributed by atoms with Gasteiger partial charge in [0.05, 0.1) is 7.11 Å². The molecule has 0 saturated heterocycles. The van der Waals surface area contributed by atoms with Crippen LogP contribution in [0.2, 0.25) is 0 Å². The Labute approximate surface area is 126 Å². The van der Waals surface area contributed by atoms with Crippen molar-refractivity contribution in [1.29, 1.82) is 0 Å². The Bertz CT molecular complexity index is 641. The van der Waals surface area contributed by atoms with Crippen LogP contribution in [0.15, 0.2) is 34.8 Å². The SMILES string of the molecule is COc1c(C(O)c2ccc(Br)cc2F)ccc(C)c1C. The average molecular weight is 339 g/mol. The molecule has 0 heterocycles. The lowest BCUT2D eigenvalue weighted by atomic mass is 9.96. The molecule has 0 aromatic heterocycles. The second kappa shape index (κ2) is 5.94. The van der Waals surface area contributed by atoms with Gasteiger partial charge in [-0.25, -0.2) is 4.39 Å². The molecule has 4 heteroatoms. The number of aliphatic hydroxyl groups excluding tert-OH is 1. The molecule has 2 rings (SSSR count). The zero-order chi connectivity index (χ0) is 14.9. The number of hydrogen-bond donors (Lipinski definition) is 1. The lowest BCUT2D eigenvalue weighted by molar-refractivity contribution is 0.209. The Kier molecular flexibility index (Phi) is 4.45. The highest BCUT2D eigenvalue weighted by atomic mass is 79.9. The molecule has 0 amide bonds. The fourth-order valence-corrected chi connectivity index (χ4v) is 2.52. The van der Waals surface area contributed by atoms with Crippen LogP contribution in [0.25, 0.3) is 0 Å². The third kappa shape index (κ3) is 2.72. The van der Waals surface area contributed by atoms with Gasteiger partial charge in [0, 0.05) is 15.6 Å². The first-order chi connectivity index (χ1) is 9.45. The smallest absolute Gasteiger partial charge is 0.130 e. The van der Waals surface area contributed by atoms with Gasteiger partial charge in [-0.15, -0.1) is 0 Å². The Morgan fingerprint density at radius 2 is 1.80 bits per heavy atom. The van der Waals surface area contributed by atoms with Crippen LogP contribution in [0.1, 0.15) is 28.4 Å². The van der Waals surface area contributed by atoms with E-state index in [0.717, 1.165) is 11.1 Å². The van der Waals surface area contributed by atoms with E-state index in [2.05, 4.69) is 15.9 Å². The Hall–Kier alpha value is -1.39. The fraction of sp³-hybridized carbons (Fsp3) is 0.250. The van der Waals surface area contributed by atoms with Crippen LogP contribution in [0.5, 0.6) is 5.75 Å². The van der Waals surface area contributed by atoms with Gasteiger partial charge in [-0.05, 0) is 37.1 Å². The molecule has 0 spiro atoms. The molecule has 0 saturated carbocycles. The van der Waals surface area contributed by atoms with E-state index >= 15 is 0 Å². The molecule has 2 nitrogen and oxygen atoms in total. The molecule has 0 radical (unpaired) electrons. The van der Waals surface area contributed by atoms with Crippen molar-refractivity contribution in [2.45, 2.75) is 20.0 Å². The molecule has 0 bridgehead atoms. The summed E-state index contributed by atoms with van der Waals surface area (Å²) in [6.45, 7) is 3.89. The number of rotatable bonds is 3. The van der Waals surface area contributed by atoms with E-state index in [9.17, 15) is 9.50 Å². The maximum Gasteiger partial charge on any atom is 0.130 e. The molecule has 106 valence electrons. The molecule has 0 aliphatic carbocycles. The van der Waals surface area contributed by atoms with Crippen molar-refractivity contribution < 1.29 is 14.2 Å². The molecule has 0 fully saturated rings. The monoisotopic (exact) mass is 338 g/mol. The summed E-state index contributed by atoms with van der Waals surface area (Å²) in [7, 11) is 1.55. The Morgan fingerprint density at radius 3 is 2.40 bits per heavy atom. The molecule has 2 aromatic rings. The highest BCUT2D eigenvalue weighted by Crippen LogP contribution is 2.35. The van der Waals surface area contributed by atoms with Gasteiger partial charge in [0.15, 0.2) is 0 Å². The highest BCUT2D eigenvalue weighted by Gasteiger charge is 2.20. The van der Waals surface area contributed by atoms with Crippen molar-refractivity contribution in [1.82, 2.24) is 0 Å². The lowest BCUT2D eigenvalue weighted by Crippen LogP contribution is -2.06.